The summed E-state index contributed by atoms with van der Waals surface area (Å²) in [5, 5.41) is 3.25. The lowest BCUT2D eigenvalue weighted by atomic mass is 10.0. The van der Waals surface area contributed by atoms with Crippen LogP contribution in [-0.4, -0.2) is 29.5 Å². The highest BCUT2D eigenvalue weighted by atomic mass is 79.9. The zero-order chi connectivity index (χ0) is 20.3. The third-order valence-electron chi connectivity index (χ3n) is 4.38. The Hall–Kier alpha value is -2.52. The Morgan fingerprint density at radius 2 is 2.25 bits per heavy atom. The molecule has 0 saturated carbocycles. The van der Waals surface area contributed by atoms with Crippen molar-refractivity contribution in [1.29, 1.82) is 0 Å². The van der Waals surface area contributed by atoms with Gasteiger partial charge >= 0.3 is 0 Å². The van der Waals surface area contributed by atoms with E-state index in [1.54, 1.807) is 18.5 Å². The van der Waals surface area contributed by atoms with Crippen LogP contribution in [0.2, 0.25) is 0 Å². The summed E-state index contributed by atoms with van der Waals surface area (Å²) in [5.74, 6) is -0.922. The molecule has 1 aromatic heterocycles. The quantitative estimate of drug-likeness (QED) is 0.639. The first-order valence-corrected chi connectivity index (χ1v) is 9.63. The Balaban J connectivity index is 1.91. The maximum Gasteiger partial charge on any atom is 0.263 e. The van der Waals surface area contributed by atoms with Crippen LogP contribution < -0.4 is 20.7 Å². The lowest BCUT2D eigenvalue weighted by Gasteiger charge is -2.31. The van der Waals surface area contributed by atoms with Crippen LogP contribution >= 0.6 is 28.1 Å². The third kappa shape index (κ3) is 4.00. The fourth-order valence-electron chi connectivity index (χ4n) is 3.04. The maximum absolute atomic E-state index is 14.1. The molecule has 0 saturated heterocycles. The minimum absolute atomic E-state index is 0.00950. The van der Waals surface area contributed by atoms with Gasteiger partial charge in [-0.15, -0.1) is 0 Å². The molecule has 0 spiro atoms. The van der Waals surface area contributed by atoms with Gasteiger partial charge in [-0.25, -0.2) is 4.39 Å². The number of hydrogen-bond acceptors (Lipinski definition) is 5. The minimum atomic E-state index is -0.542. The number of halogens is 2. The number of aromatic nitrogens is 1. The van der Waals surface area contributed by atoms with Gasteiger partial charge in [0, 0.05) is 42.1 Å². The van der Waals surface area contributed by atoms with Gasteiger partial charge in [-0.1, -0.05) is 18.3 Å². The average molecular weight is 465 g/mol. The van der Waals surface area contributed by atoms with Crippen molar-refractivity contribution < 1.29 is 13.9 Å². The summed E-state index contributed by atoms with van der Waals surface area (Å²) in [5.41, 5.74) is 8.05. The SMILES string of the molecule is COc1c(F)cccc1N1CCC(NCc2ccncc2Br)=C(C(N)=S)C1=O. The van der Waals surface area contributed by atoms with Crippen molar-refractivity contribution >= 4 is 44.7 Å². The first-order valence-electron chi connectivity index (χ1n) is 8.43. The average Bonchev–Trinajstić information content (AvgIpc) is 2.67. The highest BCUT2D eigenvalue weighted by Gasteiger charge is 2.32. The molecule has 0 fully saturated rings. The molecule has 0 unspecified atom stereocenters. The van der Waals surface area contributed by atoms with Gasteiger partial charge in [0.1, 0.15) is 4.99 Å². The highest BCUT2D eigenvalue weighted by molar-refractivity contribution is 9.10. The molecular formula is C19H18BrFN4O2S. The Kier molecular flexibility index (Phi) is 6.25. The molecule has 3 N–H and O–H groups in total. The van der Waals surface area contributed by atoms with E-state index in [0.717, 1.165) is 10.0 Å². The second-order valence-electron chi connectivity index (χ2n) is 6.04. The summed E-state index contributed by atoms with van der Waals surface area (Å²) in [7, 11) is 1.36. The standard InChI is InChI=1S/C19H18BrFN4O2S/c1-27-17-13(21)3-2-4-15(17)25-8-6-14(16(18(22)28)19(25)26)24-9-11-5-7-23-10-12(11)20/h2-5,7,10,24H,6,8-9H2,1H3,(H2,22,28). The number of thiocarbonyl (C=S) groups is 1. The highest BCUT2D eigenvalue weighted by Crippen LogP contribution is 2.34. The topological polar surface area (TPSA) is 80.5 Å². The molecule has 3 rings (SSSR count). The van der Waals surface area contributed by atoms with Gasteiger partial charge in [0.2, 0.25) is 0 Å². The number of amides is 1. The number of hydrogen-bond donors (Lipinski definition) is 2. The van der Waals surface area contributed by atoms with Crippen molar-refractivity contribution in [3.05, 3.63) is 63.8 Å². The molecule has 2 aromatic rings. The summed E-state index contributed by atoms with van der Waals surface area (Å²) in [6.45, 7) is 0.811. The number of methoxy groups -OCH3 is 1. The first kappa shape index (κ1) is 20.2. The second kappa shape index (κ2) is 8.66. The fourth-order valence-corrected chi connectivity index (χ4v) is 3.64. The summed E-state index contributed by atoms with van der Waals surface area (Å²) in [4.78, 5) is 18.6. The second-order valence-corrected chi connectivity index (χ2v) is 7.33. The molecule has 9 heteroatoms. The normalized spacial score (nSPS) is 14.2. The zero-order valence-electron chi connectivity index (χ0n) is 15.0. The lowest BCUT2D eigenvalue weighted by molar-refractivity contribution is -0.115. The van der Waals surface area contributed by atoms with Gasteiger partial charge in [-0.2, -0.15) is 0 Å². The number of nitrogens with one attached hydrogen (secondary N) is 1. The number of pyridine rings is 1. The van der Waals surface area contributed by atoms with Crippen LogP contribution in [0, 0.1) is 5.82 Å². The first-order chi connectivity index (χ1) is 13.4. The van der Waals surface area contributed by atoms with E-state index in [1.165, 1.54) is 24.1 Å². The van der Waals surface area contributed by atoms with Crippen molar-refractivity contribution in [3.63, 3.8) is 0 Å². The van der Waals surface area contributed by atoms with Crippen LogP contribution in [0.1, 0.15) is 12.0 Å². The molecule has 2 heterocycles. The van der Waals surface area contributed by atoms with Crippen LogP contribution in [-0.2, 0) is 11.3 Å². The predicted molar refractivity (Wildman–Crippen MR) is 113 cm³/mol. The van der Waals surface area contributed by atoms with Crippen LogP contribution in [0.3, 0.4) is 0 Å². The molecule has 28 heavy (non-hydrogen) atoms. The van der Waals surface area contributed by atoms with E-state index in [1.807, 2.05) is 6.07 Å². The molecule has 0 radical (unpaired) electrons. The molecule has 1 amide bonds. The van der Waals surface area contributed by atoms with Crippen molar-refractivity contribution in [2.75, 3.05) is 18.6 Å². The monoisotopic (exact) mass is 464 g/mol. The lowest BCUT2D eigenvalue weighted by Crippen LogP contribution is -2.43. The van der Waals surface area contributed by atoms with Crippen LogP contribution in [0.5, 0.6) is 5.75 Å². The van der Waals surface area contributed by atoms with E-state index in [-0.39, 0.29) is 22.2 Å². The minimum Gasteiger partial charge on any atom is -0.492 e. The number of carbonyl (C=O) groups is 1. The van der Waals surface area contributed by atoms with Crippen molar-refractivity contribution in [3.8, 4) is 5.75 Å². The molecule has 1 aliphatic rings. The number of anilines is 1. The number of benzene rings is 1. The van der Waals surface area contributed by atoms with Crippen LogP contribution in [0.25, 0.3) is 0 Å². The van der Waals surface area contributed by atoms with Gasteiger partial charge in [0.25, 0.3) is 5.91 Å². The molecule has 6 nitrogen and oxygen atoms in total. The number of para-hydroxylation sites is 1. The summed E-state index contributed by atoms with van der Waals surface area (Å²) >= 11 is 8.57. The van der Waals surface area contributed by atoms with E-state index < -0.39 is 5.82 Å². The van der Waals surface area contributed by atoms with Crippen LogP contribution in [0.15, 0.2) is 52.4 Å². The molecular weight excluding hydrogens is 447 g/mol. The fraction of sp³-hybridized carbons (Fsp3) is 0.211. The molecule has 0 atom stereocenters. The van der Waals surface area contributed by atoms with Gasteiger partial charge in [-0.3, -0.25) is 9.78 Å². The molecule has 1 aliphatic heterocycles. The number of nitrogens with zero attached hydrogens (tertiary/aromatic N) is 2. The van der Waals surface area contributed by atoms with Crippen LogP contribution in [0.4, 0.5) is 10.1 Å². The van der Waals surface area contributed by atoms with E-state index in [0.29, 0.717) is 30.9 Å². The molecule has 1 aromatic carbocycles. The molecule has 146 valence electrons. The zero-order valence-corrected chi connectivity index (χ0v) is 17.4. The third-order valence-corrected chi connectivity index (χ3v) is 5.30. The predicted octanol–water partition coefficient (Wildman–Crippen LogP) is 3.06. The van der Waals surface area contributed by atoms with Gasteiger partial charge in [0.05, 0.1) is 18.4 Å². The summed E-state index contributed by atoms with van der Waals surface area (Å²) in [6, 6.07) is 6.30. The van der Waals surface area contributed by atoms with Gasteiger partial charge in [-0.05, 0) is 39.7 Å². The number of nitrogens with two attached hydrogens (primary N) is 1. The Morgan fingerprint density at radius 1 is 1.46 bits per heavy atom. The van der Waals surface area contributed by atoms with E-state index >= 15 is 0 Å². The van der Waals surface area contributed by atoms with E-state index in [9.17, 15) is 9.18 Å². The van der Waals surface area contributed by atoms with Gasteiger partial charge in [0.15, 0.2) is 11.6 Å². The van der Waals surface area contributed by atoms with Crippen molar-refractivity contribution in [2.45, 2.75) is 13.0 Å². The van der Waals surface area contributed by atoms with Gasteiger partial charge < -0.3 is 20.7 Å². The number of rotatable bonds is 6. The summed E-state index contributed by atoms with van der Waals surface area (Å²) < 4.78 is 20.1. The summed E-state index contributed by atoms with van der Waals surface area (Å²) in [6.07, 6.45) is 3.87. The largest absolute Gasteiger partial charge is 0.492 e. The Morgan fingerprint density at radius 3 is 2.93 bits per heavy atom. The molecule has 0 aliphatic carbocycles. The molecule has 0 bridgehead atoms. The maximum atomic E-state index is 14.1. The smallest absolute Gasteiger partial charge is 0.263 e. The van der Waals surface area contributed by atoms with Crippen molar-refractivity contribution in [1.82, 2.24) is 10.3 Å². The van der Waals surface area contributed by atoms with E-state index in [2.05, 4.69) is 26.2 Å². The number of ether oxygens (including phenoxy) is 1. The Labute approximate surface area is 175 Å². The Bertz CT molecular complexity index is 967. The van der Waals surface area contributed by atoms with E-state index in [4.69, 9.17) is 22.7 Å². The van der Waals surface area contributed by atoms with Crippen molar-refractivity contribution in [2.24, 2.45) is 5.73 Å². The number of carbonyl (C=O) groups excluding carboxylic acids is 1.